The van der Waals surface area contributed by atoms with Gasteiger partial charge in [0.2, 0.25) is 5.91 Å². The van der Waals surface area contributed by atoms with Gasteiger partial charge >= 0.3 is 6.09 Å². The van der Waals surface area contributed by atoms with E-state index in [1.54, 1.807) is 37.3 Å². The topological polar surface area (TPSA) is 163 Å². The van der Waals surface area contributed by atoms with E-state index in [-0.39, 0.29) is 18.4 Å². The molecule has 0 heterocycles. The Labute approximate surface area is 164 Å². The molecular weight excluding hydrogens is 364 g/mol. The van der Waals surface area contributed by atoms with Crippen molar-refractivity contribution in [1.82, 2.24) is 15.5 Å². The van der Waals surface area contributed by atoms with Crippen molar-refractivity contribution in [1.29, 1.82) is 0 Å². The Bertz CT molecular complexity index is 691. The quantitative estimate of drug-likeness (QED) is 0.213. The zero-order valence-electron chi connectivity index (χ0n) is 16.1. The molecule has 0 aromatic heterocycles. The van der Waals surface area contributed by atoms with Crippen LogP contribution in [0.25, 0.3) is 0 Å². The van der Waals surface area contributed by atoms with Crippen molar-refractivity contribution in [3.05, 3.63) is 35.9 Å². The zero-order chi connectivity index (χ0) is 21.1. The second kappa shape index (κ2) is 11.4. The Morgan fingerprint density at radius 1 is 1.18 bits per heavy atom. The zero-order valence-corrected chi connectivity index (χ0v) is 16.1. The summed E-state index contributed by atoms with van der Waals surface area (Å²) in [5.74, 6) is -0.821. The fourth-order valence-corrected chi connectivity index (χ4v) is 2.48. The van der Waals surface area contributed by atoms with Crippen LogP contribution in [0.1, 0.15) is 30.1 Å². The van der Waals surface area contributed by atoms with Gasteiger partial charge in [-0.15, -0.1) is 0 Å². The molecular formula is C18H28N6O4. The molecule has 0 spiro atoms. The van der Waals surface area contributed by atoms with Crippen LogP contribution in [0.2, 0.25) is 0 Å². The standard InChI is InChI=1S/C18H28N6O4/c1-12(11-24(2)18(27)28)22-16(26)14(9-6-10-21-17(19)20)23-15(25)13-7-4-3-5-8-13/h3-5,7-8,12,14H,6,9-11H2,1-2H3,(H,22,26)(H,23,25)(H,27,28)(H4,19,20,21)/t12?,14-/m0/s1. The van der Waals surface area contributed by atoms with Gasteiger partial charge in [-0.25, -0.2) is 4.79 Å². The van der Waals surface area contributed by atoms with Crippen LogP contribution in [-0.4, -0.2) is 66.1 Å². The monoisotopic (exact) mass is 392 g/mol. The molecule has 154 valence electrons. The number of aliphatic imine (C=N–C) groups is 1. The minimum atomic E-state index is -1.09. The minimum Gasteiger partial charge on any atom is -0.465 e. The first kappa shape index (κ1) is 22.7. The Balaban J connectivity index is 2.74. The average Bonchev–Trinajstić information content (AvgIpc) is 2.64. The SMILES string of the molecule is CC(CN(C)C(=O)O)NC(=O)[C@H](CCCN=C(N)N)NC(=O)c1ccccc1. The van der Waals surface area contributed by atoms with Gasteiger partial charge < -0.3 is 32.1 Å². The molecule has 7 N–H and O–H groups in total. The van der Waals surface area contributed by atoms with E-state index in [0.717, 1.165) is 4.90 Å². The molecule has 0 saturated heterocycles. The molecule has 0 aliphatic carbocycles. The van der Waals surface area contributed by atoms with Gasteiger partial charge in [-0.05, 0) is 31.9 Å². The van der Waals surface area contributed by atoms with Gasteiger partial charge in [0, 0.05) is 31.7 Å². The van der Waals surface area contributed by atoms with Gasteiger partial charge in [0.05, 0.1) is 0 Å². The van der Waals surface area contributed by atoms with Gasteiger partial charge in [0.25, 0.3) is 5.91 Å². The van der Waals surface area contributed by atoms with E-state index in [2.05, 4.69) is 15.6 Å². The molecule has 1 unspecified atom stereocenters. The van der Waals surface area contributed by atoms with E-state index >= 15 is 0 Å². The molecule has 10 heteroatoms. The maximum Gasteiger partial charge on any atom is 0.407 e. The predicted molar refractivity (Wildman–Crippen MR) is 106 cm³/mol. The molecule has 0 radical (unpaired) electrons. The van der Waals surface area contributed by atoms with Crippen LogP contribution < -0.4 is 22.1 Å². The lowest BCUT2D eigenvalue weighted by atomic mass is 10.1. The number of carboxylic acid groups (broad SMARTS) is 1. The first-order chi connectivity index (χ1) is 13.2. The van der Waals surface area contributed by atoms with Crippen molar-refractivity contribution in [3.8, 4) is 0 Å². The molecule has 0 aliphatic rings. The number of hydrogen-bond acceptors (Lipinski definition) is 4. The van der Waals surface area contributed by atoms with Crippen molar-refractivity contribution in [3.63, 3.8) is 0 Å². The third-order valence-corrected chi connectivity index (χ3v) is 3.87. The fraction of sp³-hybridized carbons (Fsp3) is 0.444. The van der Waals surface area contributed by atoms with Crippen molar-refractivity contribution in [2.24, 2.45) is 16.5 Å². The van der Waals surface area contributed by atoms with Gasteiger partial charge in [-0.1, -0.05) is 18.2 Å². The van der Waals surface area contributed by atoms with Crippen LogP contribution in [0, 0.1) is 0 Å². The van der Waals surface area contributed by atoms with E-state index < -0.39 is 24.1 Å². The number of benzene rings is 1. The maximum absolute atomic E-state index is 12.6. The van der Waals surface area contributed by atoms with Crippen molar-refractivity contribution < 1.29 is 19.5 Å². The summed E-state index contributed by atoms with van der Waals surface area (Å²) < 4.78 is 0. The highest BCUT2D eigenvalue weighted by atomic mass is 16.4. The fourth-order valence-electron chi connectivity index (χ4n) is 2.48. The number of nitrogens with two attached hydrogens (primary N) is 2. The number of carbonyl (C=O) groups is 3. The maximum atomic E-state index is 12.6. The molecule has 0 saturated carbocycles. The van der Waals surface area contributed by atoms with Crippen LogP contribution >= 0.6 is 0 Å². The van der Waals surface area contributed by atoms with E-state index in [1.165, 1.54) is 7.05 Å². The number of guanidine groups is 1. The van der Waals surface area contributed by atoms with E-state index in [1.807, 2.05) is 0 Å². The Kier molecular flexibility index (Phi) is 9.28. The Morgan fingerprint density at radius 3 is 2.39 bits per heavy atom. The smallest absolute Gasteiger partial charge is 0.407 e. The number of likely N-dealkylation sites (N-methyl/N-ethyl adjacent to an activating group) is 1. The molecule has 0 aliphatic heterocycles. The average molecular weight is 392 g/mol. The normalized spacial score (nSPS) is 12.4. The molecule has 0 fully saturated rings. The van der Waals surface area contributed by atoms with Gasteiger partial charge in [0.1, 0.15) is 6.04 Å². The van der Waals surface area contributed by atoms with Crippen LogP contribution in [-0.2, 0) is 4.79 Å². The largest absolute Gasteiger partial charge is 0.465 e. The van der Waals surface area contributed by atoms with Crippen molar-refractivity contribution in [2.75, 3.05) is 20.1 Å². The lowest BCUT2D eigenvalue weighted by molar-refractivity contribution is -0.123. The van der Waals surface area contributed by atoms with Crippen molar-refractivity contribution in [2.45, 2.75) is 31.8 Å². The number of rotatable bonds is 10. The third kappa shape index (κ3) is 8.39. The Hall–Kier alpha value is -3.30. The minimum absolute atomic E-state index is 0.0420. The lowest BCUT2D eigenvalue weighted by Gasteiger charge is -2.23. The summed E-state index contributed by atoms with van der Waals surface area (Å²) in [6.07, 6.45) is -0.288. The molecule has 1 aromatic carbocycles. The van der Waals surface area contributed by atoms with Gasteiger partial charge in [-0.2, -0.15) is 0 Å². The van der Waals surface area contributed by atoms with Crippen LogP contribution in [0.4, 0.5) is 4.79 Å². The highest BCUT2D eigenvalue weighted by Crippen LogP contribution is 2.04. The van der Waals surface area contributed by atoms with Crippen LogP contribution in [0.15, 0.2) is 35.3 Å². The molecule has 2 atom stereocenters. The number of carbonyl (C=O) groups excluding carboxylic acids is 2. The van der Waals surface area contributed by atoms with E-state index in [9.17, 15) is 14.4 Å². The van der Waals surface area contributed by atoms with E-state index in [0.29, 0.717) is 24.9 Å². The summed E-state index contributed by atoms with van der Waals surface area (Å²) in [4.78, 5) is 40.9. The summed E-state index contributed by atoms with van der Waals surface area (Å²) in [6.45, 7) is 2.13. The van der Waals surface area contributed by atoms with Crippen LogP contribution in [0.3, 0.4) is 0 Å². The van der Waals surface area contributed by atoms with E-state index in [4.69, 9.17) is 16.6 Å². The number of hydrogen-bond donors (Lipinski definition) is 5. The Morgan fingerprint density at radius 2 is 1.82 bits per heavy atom. The second-order valence-corrected chi connectivity index (χ2v) is 6.41. The third-order valence-electron chi connectivity index (χ3n) is 3.87. The summed E-state index contributed by atoms with van der Waals surface area (Å²) in [5, 5.41) is 14.4. The molecule has 28 heavy (non-hydrogen) atoms. The number of nitrogens with one attached hydrogen (secondary N) is 2. The van der Waals surface area contributed by atoms with Gasteiger partial charge in [-0.3, -0.25) is 14.6 Å². The summed E-state index contributed by atoms with van der Waals surface area (Å²) in [7, 11) is 1.41. The first-order valence-electron chi connectivity index (χ1n) is 8.86. The molecule has 1 rings (SSSR count). The molecule has 10 nitrogen and oxygen atoms in total. The molecule has 1 aromatic rings. The second-order valence-electron chi connectivity index (χ2n) is 6.41. The predicted octanol–water partition coefficient (Wildman–Crippen LogP) is -0.0469. The lowest BCUT2D eigenvalue weighted by Crippen LogP contribution is -2.51. The van der Waals surface area contributed by atoms with Gasteiger partial charge in [0.15, 0.2) is 5.96 Å². The summed E-state index contributed by atoms with van der Waals surface area (Å²) in [6, 6.07) is 7.31. The first-order valence-corrected chi connectivity index (χ1v) is 8.86. The summed E-state index contributed by atoms with van der Waals surface area (Å²) in [5.41, 5.74) is 11.0. The molecule has 3 amide bonds. The number of amides is 3. The molecule has 0 bridgehead atoms. The highest BCUT2D eigenvalue weighted by molar-refractivity contribution is 5.97. The van der Waals surface area contributed by atoms with Crippen molar-refractivity contribution >= 4 is 23.9 Å². The van der Waals surface area contributed by atoms with Crippen LogP contribution in [0.5, 0.6) is 0 Å². The highest BCUT2D eigenvalue weighted by Gasteiger charge is 2.23. The summed E-state index contributed by atoms with van der Waals surface area (Å²) >= 11 is 0. The number of nitrogens with zero attached hydrogens (tertiary/aromatic N) is 2.